The van der Waals surface area contributed by atoms with E-state index in [1.165, 1.54) is 24.9 Å². The second-order valence-electron chi connectivity index (χ2n) is 5.70. The first-order valence-corrected chi connectivity index (χ1v) is 7.46. The molecule has 124 valence electrons. The summed E-state index contributed by atoms with van der Waals surface area (Å²) in [6.07, 6.45) is 3.46. The Bertz CT molecular complexity index is 872. The molecule has 0 aliphatic carbocycles. The summed E-state index contributed by atoms with van der Waals surface area (Å²) in [4.78, 5) is 51.1. The van der Waals surface area contributed by atoms with Crippen LogP contribution in [0.3, 0.4) is 0 Å². The smallest absolute Gasteiger partial charge is 0.325 e. The highest BCUT2D eigenvalue weighted by molar-refractivity contribution is 5.76. The zero-order chi connectivity index (χ0) is 17.1. The Morgan fingerprint density at radius 3 is 2.43 bits per heavy atom. The Morgan fingerprint density at radius 2 is 1.83 bits per heavy atom. The zero-order valence-corrected chi connectivity index (χ0v) is 13.5. The predicted molar refractivity (Wildman–Crippen MR) is 84.4 cm³/mol. The third-order valence-corrected chi connectivity index (χ3v) is 3.66. The normalized spacial score (nSPS) is 11.1. The largest absolute Gasteiger partial charge is 0.332 e. The van der Waals surface area contributed by atoms with Crippen molar-refractivity contribution in [3.05, 3.63) is 27.2 Å². The molecule has 0 bridgehead atoms. The van der Waals surface area contributed by atoms with E-state index in [1.807, 2.05) is 0 Å². The summed E-state index contributed by atoms with van der Waals surface area (Å²) in [5, 5.41) is 0. The summed E-state index contributed by atoms with van der Waals surface area (Å²) in [6, 6.07) is 0. The number of Topliss-reactive ketones (excluding diaryl/α,β-unsaturated/α-hetero) is 2. The second kappa shape index (κ2) is 6.72. The highest BCUT2D eigenvalue weighted by atomic mass is 16.2. The van der Waals surface area contributed by atoms with Crippen LogP contribution in [0, 0.1) is 0 Å². The summed E-state index contributed by atoms with van der Waals surface area (Å²) in [5.74, 6) is -0.136. The third-order valence-electron chi connectivity index (χ3n) is 3.66. The molecule has 0 N–H and O–H groups in total. The molecule has 2 aromatic rings. The van der Waals surface area contributed by atoms with Gasteiger partial charge in [-0.25, -0.2) is 9.78 Å². The van der Waals surface area contributed by atoms with Crippen LogP contribution in [-0.4, -0.2) is 30.3 Å². The monoisotopic (exact) mass is 320 g/mol. The molecule has 2 heterocycles. The molecule has 0 atom stereocenters. The van der Waals surface area contributed by atoms with Crippen molar-refractivity contribution >= 4 is 22.7 Å². The van der Waals surface area contributed by atoms with Gasteiger partial charge in [-0.1, -0.05) is 0 Å². The predicted octanol–water partition coefficient (Wildman–Crippen LogP) is 0.245. The molecule has 0 radical (unpaired) electrons. The summed E-state index contributed by atoms with van der Waals surface area (Å²) >= 11 is 0. The van der Waals surface area contributed by atoms with Crippen molar-refractivity contribution in [3.63, 3.8) is 0 Å². The number of aryl methyl sites for hydroxylation is 2. The van der Waals surface area contributed by atoms with E-state index >= 15 is 0 Å². The van der Waals surface area contributed by atoms with Gasteiger partial charge in [0.15, 0.2) is 11.2 Å². The van der Waals surface area contributed by atoms with Gasteiger partial charge < -0.3 is 9.36 Å². The number of carbonyl (C=O) groups is 2. The molecular formula is C15H20N4O4. The van der Waals surface area contributed by atoms with Crippen LogP contribution in [0.15, 0.2) is 15.9 Å². The lowest BCUT2D eigenvalue weighted by atomic mass is 10.2. The minimum Gasteiger partial charge on any atom is -0.325 e. The molecular weight excluding hydrogens is 300 g/mol. The van der Waals surface area contributed by atoms with Crippen LogP contribution in [-0.2, 0) is 29.7 Å². The van der Waals surface area contributed by atoms with Crippen molar-refractivity contribution in [2.45, 2.75) is 46.2 Å². The van der Waals surface area contributed by atoms with Crippen LogP contribution in [0.25, 0.3) is 11.2 Å². The molecule has 0 unspecified atom stereocenters. The number of rotatable bonds is 7. The Morgan fingerprint density at radius 1 is 1.13 bits per heavy atom. The van der Waals surface area contributed by atoms with Crippen molar-refractivity contribution in [3.8, 4) is 0 Å². The molecule has 2 aromatic heterocycles. The number of nitrogens with zero attached hydrogens (tertiary/aromatic N) is 4. The molecule has 0 spiro atoms. The van der Waals surface area contributed by atoms with Gasteiger partial charge in [-0.3, -0.25) is 18.7 Å². The number of hydrogen-bond acceptors (Lipinski definition) is 5. The first kappa shape index (κ1) is 16.9. The van der Waals surface area contributed by atoms with Crippen molar-refractivity contribution < 1.29 is 9.59 Å². The lowest BCUT2D eigenvalue weighted by molar-refractivity contribution is -0.118. The molecule has 0 saturated carbocycles. The molecule has 0 fully saturated rings. The quantitative estimate of drug-likeness (QED) is 0.681. The van der Waals surface area contributed by atoms with Crippen LogP contribution < -0.4 is 11.2 Å². The van der Waals surface area contributed by atoms with E-state index in [-0.39, 0.29) is 18.1 Å². The van der Waals surface area contributed by atoms with Crippen LogP contribution in [0.1, 0.15) is 33.1 Å². The molecule has 2 rings (SSSR count). The van der Waals surface area contributed by atoms with Gasteiger partial charge in [0.1, 0.15) is 11.6 Å². The Kier molecular flexibility index (Phi) is 4.92. The molecule has 0 aromatic carbocycles. The summed E-state index contributed by atoms with van der Waals surface area (Å²) in [7, 11) is 1.52. The average Bonchev–Trinajstić information content (AvgIpc) is 2.89. The fourth-order valence-electron chi connectivity index (χ4n) is 2.51. The SMILES string of the molecule is CC(=O)CCCCn1cnc2c1c(=O)n(CC(C)=O)c(=O)n2C. The summed E-state index contributed by atoms with van der Waals surface area (Å²) in [6.45, 7) is 3.15. The zero-order valence-electron chi connectivity index (χ0n) is 13.5. The standard InChI is InChI=1S/C15H20N4O4/c1-10(20)6-4-5-7-18-9-16-13-12(18)14(22)19(8-11(2)21)15(23)17(13)3/h9H,4-8H2,1-3H3. The highest BCUT2D eigenvalue weighted by Crippen LogP contribution is 2.08. The fourth-order valence-corrected chi connectivity index (χ4v) is 2.51. The average molecular weight is 320 g/mol. The topological polar surface area (TPSA) is 96.0 Å². The van der Waals surface area contributed by atoms with Crippen LogP contribution in [0.5, 0.6) is 0 Å². The number of fused-ring (bicyclic) bond motifs is 1. The first-order valence-electron chi connectivity index (χ1n) is 7.46. The Labute approximate surface area is 132 Å². The van der Waals surface area contributed by atoms with Crippen molar-refractivity contribution in [1.29, 1.82) is 0 Å². The number of ketones is 2. The molecule has 8 nitrogen and oxygen atoms in total. The number of unbranched alkanes of at least 4 members (excludes halogenated alkanes) is 1. The minimum absolute atomic E-state index is 0.131. The van der Waals surface area contributed by atoms with Gasteiger partial charge in [-0.05, 0) is 26.7 Å². The Hall–Kier alpha value is -2.51. The fraction of sp³-hybridized carbons (Fsp3) is 0.533. The first-order chi connectivity index (χ1) is 10.8. The molecule has 8 heteroatoms. The van der Waals surface area contributed by atoms with E-state index in [0.29, 0.717) is 24.1 Å². The maximum atomic E-state index is 12.5. The molecule has 0 saturated heterocycles. The van der Waals surface area contributed by atoms with Crippen LogP contribution >= 0.6 is 0 Å². The van der Waals surface area contributed by atoms with E-state index in [2.05, 4.69) is 4.98 Å². The van der Waals surface area contributed by atoms with Crippen molar-refractivity contribution in [2.24, 2.45) is 7.05 Å². The number of hydrogen-bond donors (Lipinski definition) is 0. The number of aromatic nitrogens is 4. The maximum absolute atomic E-state index is 12.5. The molecule has 0 aliphatic rings. The van der Waals surface area contributed by atoms with E-state index in [9.17, 15) is 19.2 Å². The van der Waals surface area contributed by atoms with Gasteiger partial charge in [-0.15, -0.1) is 0 Å². The third kappa shape index (κ3) is 3.46. The van der Waals surface area contributed by atoms with Gasteiger partial charge in [-0.2, -0.15) is 0 Å². The van der Waals surface area contributed by atoms with E-state index in [4.69, 9.17) is 0 Å². The van der Waals surface area contributed by atoms with Crippen molar-refractivity contribution in [1.82, 2.24) is 18.7 Å². The maximum Gasteiger partial charge on any atom is 0.332 e. The highest BCUT2D eigenvalue weighted by Gasteiger charge is 2.16. The van der Waals surface area contributed by atoms with E-state index < -0.39 is 11.2 Å². The van der Waals surface area contributed by atoms with Crippen LogP contribution in [0.4, 0.5) is 0 Å². The van der Waals surface area contributed by atoms with Gasteiger partial charge in [0, 0.05) is 20.0 Å². The second-order valence-corrected chi connectivity index (χ2v) is 5.70. The van der Waals surface area contributed by atoms with Gasteiger partial charge in [0.25, 0.3) is 5.56 Å². The lowest BCUT2D eigenvalue weighted by Gasteiger charge is -2.08. The molecule has 23 heavy (non-hydrogen) atoms. The van der Waals surface area contributed by atoms with Crippen LogP contribution in [0.2, 0.25) is 0 Å². The minimum atomic E-state index is -0.556. The summed E-state index contributed by atoms with van der Waals surface area (Å²) < 4.78 is 3.87. The Balaban J connectivity index is 2.43. The summed E-state index contributed by atoms with van der Waals surface area (Å²) in [5.41, 5.74) is -0.468. The van der Waals surface area contributed by atoms with E-state index in [0.717, 1.165) is 17.4 Å². The van der Waals surface area contributed by atoms with Gasteiger partial charge >= 0.3 is 5.69 Å². The number of carbonyl (C=O) groups excluding carboxylic acids is 2. The molecule has 0 aliphatic heterocycles. The van der Waals surface area contributed by atoms with Crippen molar-refractivity contribution in [2.75, 3.05) is 0 Å². The van der Waals surface area contributed by atoms with E-state index in [1.54, 1.807) is 11.5 Å². The van der Waals surface area contributed by atoms with Gasteiger partial charge in [0.2, 0.25) is 0 Å². The molecule has 0 amide bonds. The van der Waals surface area contributed by atoms with Gasteiger partial charge in [0.05, 0.1) is 12.9 Å². The number of imidazole rings is 1. The lowest BCUT2D eigenvalue weighted by Crippen LogP contribution is -2.41.